The second kappa shape index (κ2) is 19.7. The van der Waals surface area contributed by atoms with Gasteiger partial charge >= 0.3 is 29.6 Å². The number of likely N-dealkylation sites (N-methyl/N-ethyl adjacent to an activating group) is 1. The van der Waals surface area contributed by atoms with Crippen LogP contribution in [0.5, 0.6) is 0 Å². The number of carboxylic acids is 1. The summed E-state index contributed by atoms with van der Waals surface area (Å²) in [5, 5.41) is 62.9. The molecule has 0 saturated heterocycles. The Morgan fingerprint density at radius 1 is 0.855 bits per heavy atom. The molecule has 13 nitrogen and oxygen atoms in total. The first kappa shape index (κ1) is 44.4. The molecule has 1 aromatic heterocycles. The number of aliphatic hydroxyl groups is 5. The van der Waals surface area contributed by atoms with Gasteiger partial charge in [0.05, 0.1) is 29.1 Å². The number of aryl methyl sites for hydroxylation is 3. The second-order valence-electron chi connectivity index (χ2n) is 13.4. The SMILES string of the molecule is CN(C[C@H](O)[C@@H](O)[C@H](O)[C@H](O)CO)S(=O)(=O)c1cccc(C(=O)Cc2sc3c(c2C(=O)Nc2ccc(CCc4ccc(C(=O)[O-])cc4)cc2)CCCC3)c1.[Na+]. The van der Waals surface area contributed by atoms with Crippen molar-refractivity contribution >= 4 is 44.7 Å². The maximum atomic E-state index is 13.8. The third-order valence-corrected chi connectivity index (χ3v) is 12.6. The first-order valence-electron chi connectivity index (χ1n) is 17.5. The predicted octanol–water partition coefficient (Wildman–Crippen LogP) is -1.49. The van der Waals surface area contributed by atoms with Crippen LogP contribution in [0.25, 0.3) is 0 Å². The number of amides is 1. The maximum Gasteiger partial charge on any atom is 1.00 e. The number of rotatable bonds is 17. The van der Waals surface area contributed by atoms with Gasteiger partial charge in [-0.05, 0) is 85.0 Å². The van der Waals surface area contributed by atoms with Crippen molar-refractivity contribution in [2.75, 3.05) is 25.5 Å². The number of benzene rings is 3. The number of carbonyl (C=O) groups is 3. The molecular formula is C39H43N2NaO11S2. The zero-order chi connectivity index (χ0) is 39.2. The average Bonchev–Trinajstić information content (AvgIpc) is 3.54. The topological polar surface area (TPSA) is 225 Å². The van der Waals surface area contributed by atoms with Crippen molar-refractivity contribution in [3.8, 4) is 0 Å². The molecule has 0 aliphatic heterocycles. The number of hydrogen-bond donors (Lipinski definition) is 6. The molecule has 1 aliphatic rings. The van der Waals surface area contributed by atoms with Crippen LogP contribution in [0, 0.1) is 0 Å². The van der Waals surface area contributed by atoms with Crippen LogP contribution in [0.1, 0.15) is 70.4 Å². The number of ketones is 1. The number of hydrogen-bond acceptors (Lipinski definition) is 12. The molecule has 1 amide bonds. The van der Waals surface area contributed by atoms with E-state index in [9.17, 15) is 48.3 Å². The van der Waals surface area contributed by atoms with E-state index in [1.165, 1.54) is 47.7 Å². The van der Waals surface area contributed by atoms with Crippen LogP contribution in [0.3, 0.4) is 0 Å². The normalized spacial score (nSPS) is 15.0. The van der Waals surface area contributed by atoms with E-state index in [1.54, 1.807) is 24.3 Å². The predicted molar refractivity (Wildman–Crippen MR) is 199 cm³/mol. The Morgan fingerprint density at radius 3 is 2.07 bits per heavy atom. The number of Topliss-reactive ketones (excluding diaryl/α,β-unsaturated/α-hetero) is 1. The van der Waals surface area contributed by atoms with Crippen molar-refractivity contribution in [2.45, 2.75) is 74.3 Å². The number of aromatic carboxylic acids is 1. The van der Waals surface area contributed by atoms with E-state index < -0.39 is 59.3 Å². The van der Waals surface area contributed by atoms with Crippen molar-refractivity contribution < 1.29 is 83.0 Å². The summed E-state index contributed by atoms with van der Waals surface area (Å²) >= 11 is 1.41. The van der Waals surface area contributed by atoms with Crippen LogP contribution >= 0.6 is 11.3 Å². The summed E-state index contributed by atoms with van der Waals surface area (Å²) in [5.41, 5.74) is 4.17. The van der Waals surface area contributed by atoms with Gasteiger partial charge in [-0.3, -0.25) is 9.59 Å². The minimum absolute atomic E-state index is 0. The average molecular weight is 803 g/mol. The Hall–Kier alpha value is -3.32. The summed E-state index contributed by atoms with van der Waals surface area (Å²) in [7, 11) is -3.15. The van der Waals surface area contributed by atoms with Crippen LogP contribution in [0.15, 0.2) is 77.7 Å². The third-order valence-electron chi connectivity index (χ3n) is 9.53. The van der Waals surface area contributed by atoms with Crippen molar-refractivity contribution in [1.29, 1.82) is 0 Å². The van der Waals surface area contributed by atoms with Crippen LogP contribution in [0.4, 0.5) is 5.69 Å². The second-order valence-corrected chi connectivity index (χ2v) is 16.6. The number of nitrogens with zero attached hydrogens (tertiary/aromatic N) is 1. The van der Waals surface area contributed by atoms with E-state index in [4.69, 9.17) is 5.11 Å². The summed E-state index contributed by atoms with van der Waals surface area (Å²) in [6.07, 6.45) is -2.84. The summed E-state index contributed by atoms with van der Waals surface area (Å²) in [4.78, 5) is 39.9. The monoisotopic (exact) mass is 802 g/mol. The molecule has 288 valence electrons. The number of fused-ring (bicyclic) bond motifs is 1. The van der Waals surface area contributed by atoms with Gasteiger partial charge in [0.1, 0.15) is 18.3 Å². The first-order chi connectivity index (χ1) is 25.7. The number of anilines is 1. The molecule has 0 saturated carbocycles. The van der Waals surface area contributed by atoms with E-state index in [0.29, 0.717) is 35.4 Å². The third kappa shape index (κ3) is 11.0. The number of sulfonamides is 1. The van der Waals surface area contributed by atoms with E-state index in [1.807, 2.05) is 12.1 Å². The fourth-order valence-corrected chi connectivity index (χ4v) is 8.97. The zero-order valence-corrected chi connectivity index (χ0v) is 34.2. The van der Waals surface area contributed by atoms with Crippen molar-refractivity contribution in [3.05, 3.63) is 116 Å². The Morgan fingerprint density at radius 2 is 1.45 bits per heavy atom. The molecule has 4 aromatic rings. The Kier molecular flexibility index (Phi) is 15.9. The molecular weight excluding hydrogens is 760 g/mol. The number of aliphatic hydroxyl groups excluding tert-OH is 5. The first-order valence-corrected chi connectivity index (χ1v) is 19.7. The fraction of sp³-hybridized carbons (Fsp3) is 0.359. The number of carboxylic acid groups (broad SMARTS) is 1. The van der Waals surface area contributed by atoms with Gasteiger partial charge in [0.15, 0.2) is 5.78 Å². The Labute approximate surface area is 345 Å². The number of carbonyl (C=O) groups excluding carboxylic acids is 3. The summed E-state index contributed by atoms with van der Waals surface area (Å²) < 4.78 is 27.5. The minimum Gasteiger partial charge on any atom is -0.545 e. The van der Waals surface area contributed by atoms with Gasteiger partial charge in [-0.1, -0.05) is 48.5 Å². The van der Waals surface area contributed by atoms with Gasteiger partial charge in [-0.2, -0.15) is 4.31 Å². The van der Waals surface area contributed by atoms with Gasteiger partial charge in [0, 0.05) is 41.0 Å². The molecule has 5 rings (SSSR count). The number of thiophene rings is 1. The van der Waals surface area contributed by atoms with Gasteiger partial charge < -0.3 is 40.8 Å². The molecule has 0 spiro atoms. The van der Waals surface area contributed by atoms with Gasteiger partial charge in [0.2, 0.25) is 10.0 Å². The molecule has 4 atom stereocenters. The van der Waals surface area contributed by atoms with E-state index in [0.717, 1.165) is 52.2 Å². The van der Waals surface area contributed by atoms with Crippen molar-refractivity contribution in [2.24, 2.45) is 0 Å². The van der Waals surface area contributed by atoms with Crippen LogP contribution in [-0.2, 0) is 42.1 Å². The molecule has 1 heterocycles. The standard InChI is InChI=1S/C39H44N2O11S2.Na/c1-41(21-31(44)36(46)37(47)32(45)22-42)54(51,52)28-6-4-5-26(19-28)30(43)20-34-35(29-7-2-3-8-33(29)53-34)38(48)40-27-17-13-24(14-18-27)10-9-23-11-15-25(16-12-23)39(49)50;/h4-6,11-19,31-32,36-37,42,44-47H,2-3,7-10,20-22H2,1H3,(H,40,48)(H,49,50);/q;+1/p-1/t31-,32+,36+,37+;/m0./s1. The quantitative estimate of drug-likeness (QED) is 0.0533. The molecule has 0 radical (unpaired) electrons. The van der Waals surface area contributed by atoms with E-state index >= 15 is 0 Å². The number of nitrogens with one attached hydrogen (secondary N) is 1. The smallest absolute Gasteiger partial charge is 0.545 e. The molecule has 16 heteroatoms. The molecule has 0 bridgehead atoms. The summed E-state index contributed by atoms with van der Waals surface area (Å²) in [6.45, 7) is -1.55. The zero-order valence-electron chi connectivity index (χ0n) is 30.6. The fourth-order valence-electron chi connectivity index (χ4n) is 6.35. The molecule has 55 heavy (non-hydrogen) atoms. The summed E-state index contributed by atoms with van der Waals surface area (Å²) in [5.74, 6) is -1.97. The molecule has 0 unspecified atom stereocenters. The van der Waals surface area contributed by atoms with Crippen molar-refractivity contribution in [3.63, 3.8) is 0 Å². The van der Waals surface area contributed by atoms with Crippen LogP contribution in [-0.4, -0.2) is 101 Å². The van der Waals surface area contributed by atoms with Crippen molar-refractivity contribution in [1.82, 2.24) is 4.31 Å². The minimum atomic E-state index is -4.30. The molecule has 1 aliphatic carbocycles. The van der Waals surface area contributed by atoms with Crippen LogP contribution in [0.2, 0.25) is 0 Å². The molecule has 3 aromatic carbocycles. The largest absolute Gasteiger partial charge is 1.00 e. The van der Waals surface area contributed by atoms with E-state index in [2.05, 4.69) is 5.32 Å². The maximum absolute atomic E-state index is 13.8. The van der Waals surface area contributed by atoms with E-state index in [-0.39, 0.29) is 57.9 Å². The van der Waals surface area contributed by atoms with Gasteiger partial charge in [0.25, 0.3) is 5.91 Å². The Bertz CT molecular complexity index is 2070. The summed E-state index contributed by atoms with van der Waals surface area (Å²) in [6, 6.07) is 19.3. The van der Waals surface area contributed by atoms with Gasteiger partial charge in [-0.25, -0.2) is 8.42 Å². The molecule has 6 N–H and O–H groups in total. The van der Waals surface area contributed by atoms with Crippen LogP contribution < -0.4 is 40.0 Å². The van der Waals surface area contributed by atoms with Gasteiger partial charge in [-0.15, -0.1) is 11.3 Å². The Balaban J connectivity index is 0.00000673. The molecule has 0 fully saturated rings.